The lowest BCUT2D eigenvalue weighted by atomic mass is 10.0. The molecule has 0 aliphatic heterocycles. The Kier molecular flexibility index (Phi) is 6.03. The van der Waals surface area contributed by atoms with E-state index in [0.717, 1.165) is 22.2 Å². The monoisotopic (exact) mass is 483 g/mol. The van der Waals surface area contributed by atoms with Crippen molar-refractivity contribution in [1.82, 2.24) is 35.0 Å². The zero-order chi connectivity index (χ0) is 25.4. The lowest BCUT2D eigenvalue weighted by Crippen LogP contribution is -2.11. The summed E-state index contributed by atoms with van der Waals surface area (Å²) in [5, 5.41) is 8.13. The second-order valence-electron chi connectivity index (χ2n) is 8.93. The smallest absolute Gasteiger partial charge is 0.160 e. The van der Waals surface area contributed by atoms with Crippen molar-refractivity contribution in [2.45, 2.75) is 13.5 Å². The van der Waals surface area contributed by atoms with Crippen LogP contribution in [0, 0.1) is 5.82 Å². The van der Waals surface area contributed by atoms with Gasteiger partial charge >= 0.3 is 0 Å². The summed E-state index contributed by atoms with van der Waals surface area (Å²) in [5.41, 5.74) is 5.57. The molecule has 0 amide bonds. The maximum absolute atomic E-state index is 15.1. The van der Waals surface area contributed by atoms with E-state index in [1.807, 2.05) is 56.2 Å². The topological polar surface area (TPSA) is 102 Å². The first kappa shape index (κ1) is 23.3. The van der Waals surface area contributed by atoms with Gasteiger partial charge in [0.15, 0.2) is 11.6 Å². The zero-order valence-electron chi connectivity index (χ0n) is 20.5. The number of pyridine rings is 2. The van der Waals surface area contributed by atoms with E-state index in [4.69, 9.17) is 4.98 Å². The number of halogens is 1. The molecule has 0 atom stereocenters. The molecule has 0 saturated heterocycles. The second-order valence-corrected chi connectivity index (χ2v) is 8.93. The van der Waals surface area contributed by atoms with Gasteiger partial charge in [-0.15, -0.1) is 0 Å². The molecule has 0 bridgehead atoms. The zero-order valence-corrected chi connectivity index (χ0v) is 20.5. The van der Waals surface area contributed by atoms with Gasteiger partial charge in [0.2, 0.25) is 0 Å². The number of aliphatic imine (C=N–C) groups is 1. The normalized spacial score (nSPS) is 12.1. The van der Waals surface area contributed by atoms with Crippen LogP contribution in [0.5, 0.6) is 0 Å². The van der Waals surface area contributed by atoms with Crippen LogP contribution < -0.4 is 4.90 Å². The molecule has 4 heterocycles. The number of imidazole rings is 1. The fraction of sp³-hybridized carbons (Fsp3) is 0.192. The van der Waals surface area contributed by atoms with Crippen molar-refractivity contribution in [1.29, 1.82) is 0 Å². The number of aromatic amines is 2. The Labute approximate surface area is 207 Å². The number of hydrogen-bond acceptors (Lipinski definition) is 7. The molecule has 0 aliphatic carbocycles. The summed E-state index contributed by atoms with van der Waals surface area (Å²) in [6.07, 6.45) is 7.01. The maximum Gasteiger partial charge on any atom is 0.160 e. The third-order valence-corrected chi connectivity index (χ3v) is 5.83. The van der Waals surface area contributed by atoms with Crippen LogP contribution in [-0.2, 0) is 6.54 Å². The quantitative estimate of drug-likeness (QED) is 0.324. The van der Waals surface area contributed by atoms with Gasteiger partial charge < -0.3 is 14.8 Å². The highest BCUT2D eigenvalue weighted by molar-refractivity contribution is 5.97. The molecular weight excluding hydrogens is 457 g/mol. The molecule has 5 rings (SSSR count). The van der Waals surface area contributed by atoms with Gasteiger partial charge in [-0.25, -0.2) is 14.4 Å². The van der Waals surface area contributed by atoms with Crippen LogP contribution in [-0.4, -0.2) is 62.9 Å². The van der Waals surface area contributed by atoms with Crippen LogP contribution in [0.3, 0.4) is 0 Å². The van der Waals surface area contributed by atoms with Crippen LogP contribution >= 0.6 is 0 Å². The molecule has 0 aliphatic rings. The molecule has 4 aromatic heterocycles. The van der Waals surface area contributed by atoms with Crippen LogP contribution in [0.25, 0.3) is 44.6 Å². The molecule has 1 aromatic carbocycles. The van der Waals surface area contributed by atoms with Crippen molar-refractivity contribution in [2.75, 3.05) is 26.0 Å². The number of aromatic nitrogens is 6. The van der Waals surface area contributed by atoms with Gasteiger partial charge in [0.1, 0.15) is 17.0 Å². The fourth-order valence-corrected chi connectivity index (χ4v) is 4.20. The molecule has 0 unspecified atom stereocenters. The largest absolute Gasteiger partial charge is 0.336 e. The first-order valence-electron chi connectivity index (χ1n) is 11.3. The summed E-state index contributed by atoms with van der Waals surface area (Å²) in [4.78, 5) is 24.8. The molecule has 0 fully saturated rings. The number of H-pyrrole nitrogens is 2. The van der Waals surface area contributed by atoms with E-state index >= 15 is 4.39 Å². The molecule has 0 saturated carbocycles. The number of rotatable bonds is 7. The predicted molar refractivity (Wildman–Crippen MR) is 141 cm³/mol. The van der Waals surface area contributed by atoms with Crippen molar-refractivity contribution in [3.63, 3.8) is 0 Å². The summed E-state index contributed by atoms with van der Waals surface area (Å²) in [6.45, 7) is 6.13. The van der Waals surface area contributed by atoms with Gasteiger partial charge in [0.05, 0.1) is 16.7 Å². The van der Waals surface area contributed by atoms with Crippen molar-refractivity contribution in [2.24, 2.45) is 4.99 Å². The lowest BCUT2D eigenvalue weighted by Gasteiger charge is -2.13. The minimum Gasteiger partial charge on any atom is -0.336 e. The van der Waals surface area contributed by atoms with Gasteiger partial charge in [-0.1, -0.05) is 0 Å². The number of anilines is 1. The Morgan fingerprint density at radius 2 is 2.00 bits per heavy atom. The van der Waals surface area contributed by atoms with E-state index in [1.165, 1.54) is 6.07 Å². The molecule has 9 nitrogen and oxygen atoms in total. The Morgan fingerprint density at radius 1 is 1.17 bits per heavy atom. The van der Waals surface area contributed by atoms with E-state index in [9.17, 15) is 0 Å². The van der Waals surface area contributed by atoms with E-state index in [-0.39, 0.29) is 5.82 Å². The minimum absolute atomic E-state index is 0.350. The van der Waals surface area contributed by atoms with E-state index < -0.39 is 0 Å². The van der Waals surface area contributed by atoms with Crippen LogP contribution in [0.4, 0.5) is 10.2 Å². The average Bonchev–Trinajstić information content (AvgIpc) is 3.46. The molecule has 0 radical (unpaired) electrons. The highest BCUT2D eigenvalue weighted by Gasteiger charge is 2.18. The Bertz CT molecular complexity index is 1610. The van der Waals surface area contributed by atoms with Crippen LogP contribution in [0.2, 0.25) is 0 Å². The standard InChI is InChI=1S/C26H26FN9/c1-15(28-2)13-36(5)26-24-21(6-7-30-26)31-25(32-24)23-19-9-18(20(27)10-22(19)33-34-23)17-8-16(11-29-12-17)14-35(3)4/h6-13H,2,14H2,1,3-5H3,(H,31,32)(H,33,34)/b15-13-. The van der Waals surface area contributed by atoms with Crippen LogP contribution in [0.1, 0.15) is 12.5 Å². The molecule has 0 spiro atoms. The van der Waals surface area contributed by atoms with E-state index in [0.29, 0.717) is 46.0 Å². The molecule has 2 N–H and O–H groups in total. The molecule has 182 valence electrons. The lowest BCUT2D eigenvalue weighted by molar-refractivity contribution is 0.402. The van der Waals surface area contributed by atoms with Gasteiger partial charge in [0, 0.05) is 61.0 Å². The Morgan fingerprint density at radius 3 is 2.78 bits per heavy atom. The highest BCUT2D eigenvalue weighted by Crippen LogP contribution is 2.33. The second kappa shape index (κ2) is 9.31. The SMILES string of the molecule is C=N/C(C)=C\N(C)c1nccc2[nH]c(-c3n[nH]c4cc(F)c(-c5cncc(CN(C)C)c5)cc34)nc12. The van der Waals surface area contributed by atoms with Crippen LogP contribution in [0.15, 0.2) is 59.7 Å². The molecule has 36 heavy (non-hydrogen) atoms. The summed E-state index contributed by atoms with van der Waals surface area (Å²) < 4.78 is 15.1. The number of nitrogens with zero attached hydrogens (tertiary/aromatic N) is 7. The summed E-state index contributed by atoms with van der Waals surface area (Å²) in [5.74, 6) is 0.865. The van der Waals surface area contributed by atoms with Crippen molar-refractivity contribution in [3.05, 3.63) is 66.1 Å². The maximum atomic E-state index is 15.1. The summed E-state index contributed by atoms with van der Waals surface area (Å²) in [6, 6.07) is 7.06. The van der Waals surface area contributed by atoms with Crippen molar-refractivity contribution in [3.8, 4) is 22.6 Å². The highest BCUT2D eigenvalue weighted by atomic mass is 19.1. The Hall–Kier alpha value is -4.44. The molecule has 10 heteroatoms. The third kappa shape index (κ3) is 4.34. The van der Waals surface area contributed by atoms with Gasteiger partial charge in [-0.3, -0.25) is 15.1 Å². The number of fused-ring (bicyclic) bond motifs is 2. The van der Waals surface area contributed by atoms with Gasteiger partial charge in [-0.2, -0.15) is 5.10 Å². The number of allylic oxidation sites excluding steroid dienone is 1. The van der Waals surface area contributed by atoms with Crippen molar-refractivity contribution < 1.29 is 4.39 Å². The first-order chi connectivity index (χ1) is 17.3. The Balaban J connectivity index is 1.61. The fourth-order valence-electron chi connectivity index (χ4n) is 4.20. The average molecular weight is 484 g/mol. The van der Waals surface area contributed by atoms with Gasteiger partial charge in [0.25, 0.3) is 0 Å². The molecular formula is C26H26FN9. The third-order valence-electron chi connectivity index (χ3n) is 5.83. The summed E-state index contributed by atoms with van der Waals surface area (Å²) in [7, 11) is 5.84. The minimum atomic E-state index is -0.350. The molecule has 5 aromatic rings. The number of hydrogen-bond donors (Lipinski definition) is 2. The van der Waals surface area contributed by atoms with Crippen molar-refractivity contribution >= 4 is 34.5 Å². The van der Waals surface area contributed by atoms with E-state index in [1.54, 1.807) is 24.7 Å². The summed E-state index contributed by atoms with van der Waals surface area (Å²) >= 11 is 0. The number of benzene rings is 1. The first-order valence-corrected chi connectivity index (χ1v) is 11.3. The van der Waals surface area contributed by atoms with Gasteiger partial charge in [-0.05, 0) is 51.5 Å². The van der Waals surface area contributed by atoms with E-state index in [2.05, 4.69) is 36.9 Å². The number of nitrogens with one attached hydrogen (secondary N) is 2. The predicted octanol–water partition coefficient (Wildman–Crippen LogP) is 4.76.